The zero-order valence-electron chi connectivity index (χ0n) is 15.1. The molecule has 1 saturated carbocycles. The van der Waals surface area contributed by atoms with Crippen LogP contribution in [0.25, 0.3) is 10.9 Å². The number of ether oxygens (including phenoxy) is 1. The van der Waals surface area contributed by atoms with E-state index in [0.717, 1.165) is 31.2 Å². The molecule has 1 aliphatic rings. The Balaban J connectivity index is 1.48. The lowest BCUT2D eigenvalue weighted by molar-refractivity contribution is -0.150. The van der Waals surface area contributed by atoms with Crippen LogP contribution in [0.15, 0.2) is 65.7 Å². The second-order valence-electron chi connectivity index (χ2n) is 7.05. The van der Waals surface area contributed by atoms with Crippen molar-refractivity contribution in [3.63, 3.8) is 0 Å². The van der Waals surface area contributed by atoms with E-state index in [4.69, 9.17) is 4.74 Å². The van der Waals surface area contributed by atoms with Gasteiger partial charge in [-0.3, -0.25) is 14.2 Å². The summed E-state index contributed by atoms with van der Waals surface area (Å²) in [7, 11) is 0. The van der Waals surface area contributed by atoms with Crippen LogP contribution in [0.1, 0.15) is 31.2 Å². The second-order valence-corrected chi connectivity index (χ2v) is 7.05. The number of aromatic nitrogens is 2. The number of hydrogen-bond acceptors (Lipinski definition) is 4. The molecule has 1 aromatic heterocycles. The molecule has 1 fully saturated rings. The molecule has 0 N–H and O–H groups in total. The smallest absolute Gasteiger partial charge is 0.316 e. The Hall–Kier alpha value is -2.95. The Morgan fingerprint density at radius 3 is 2.52 bits per heavy atom. The molecule has 5 nitrogen and oxygen atoms in total. The van der Waals surface area contributed by atoms with Crippen LogP contribution in [0.2, 0.25) is 0 Å². The highest BCUT2D eigenvalue weighted by molar-refractivity contribution is 5.83. The van der Waals surface area contributed by atoms with Crippen LogP contribution in [-0.2, 0) is 21.5 Å². The van der Waals surface area contributed by atoms with E-state index in [2.05, 4.69) is 4.98 Å². The Morgan fingerprint density at radius 1 is 1.04 bits per heavy atom. The molecule has 5 heteroatoms. The third-order valence-corrected chi connectivity index (χ3v) is 5.47. The lowest BCUT2D eigenvalue weighted by Gasteiger charge is -2.27. The number of fused-ring (bicyclic) bond motifs is 1. The van der Waals surface area contributed by atoms with Gasteiger partial charge in [-0.05, 0) is 30.5 Å². The zero-order valence-corrected chi connectivity index (χ0v) is 15.1. The minimum absolute atomic E-state index is 0.115. The predicted octanol–water partition coefficient (Wildman–Crippen LogP) is 3.45. The molecule has 0 saturated heterocycles. The van der Waals surface area contributed by atoms with Gasteiger partial charge in [0.05, 0.1) is 29.2 Å². The summed E-state index contributed by atoms with van der Waals surface area (Å²) in [6.45, 7) is 0.459. The normalized spacial score (nSPS) is 15.7. The topological polar surface area (TPSA) is 61.2 Å². The van der Waals surface area contributed by atoms with Crippen molar-refractivity contribution in [3.8, 4) is 0 Å². The van der Waals surface area contributed by atoms with Crippen LogP contribution in [0.3, 0.4) is 0 Å². The number of esters is 1. The molecule has 27 heavy (non-hydrogen) atoms. The number of para-hydroxylation sites is 1. The summed E-state index contributed by atoms with van der Waals surface area (Å²) in [6, 6.07) is 17.1. The van der Waals surface area contributed by atoms with Crippen molar-refractivity contribution >= 4 is 16.9 Å². The van der Waals surface area contributed by atoms with Crippen molar-refractivity contribution in [2.45, 2.75) is 37.6 Å². The number of carbonyl (C=O) groups is 1. The molecule has 1 heterocycles. The maximum absolute atomic E-state index is 12.9. The summed E-state index contributed by atoms with van der Waals surface area (Å²) < 4.78 is 7.13. The number of rotatable bonds is 5. The Morgan fingerprint density at radius 2 is 1.74 bits per heavy atom. The first kappa shape index (κ1) is 17.5. The largest absolute Gasteiger partial charge is 0.463 e. The molecule has 0 aliphatic heterocycles. The molecule has 3 aromatic rings. The van der Waals surface area contributed by atoms with E-state index in [1.165, 1.54) is 10.9 Å². The van der Waals surface area contributed by atoms with E-state index in [-0.39, 0.29) is 18.1 Å². The molecular weight excluding hydrogens is 340 g/mol. The summed E-state index contributed by atoms with van der Waals surface area (Å²) >= 11 is 0. The standard InChI is InChI=1S/C22H22N2O3/c25-20-18-10-4-5-11-19(18)23-16-24(20)14-15-27-21(26)22(12-6-7-13-22)17-8-2-1-3-9-17/h1-5,8-11,16H,6-7,12-15H2. The zero-order chi connectivity index (χ0) is 18.7. The van der Waals surface area contributed by atoms with Crippen molar-refractivity contribution in [1.29, 1.82) is 0 Å². The van der Waals surface area contributed by atoms with Gasteiger partial charge in [0.2, 0.25) is 0 Å². The van der Waals surface area contributed by atoms with Gasteiger partial charge in [0.1, 0.15) is 6.61 Å². The van der Waals surface area contributed by atoms with Gasteiger partial charge in [-0.2, -0.15) is 0 Å². The molecule has 0 radical (unpaired) electrons. The van der Waals surface area contributed by atoms with E-state index in [1.807, 2.05) is 48.5 Å². The lowest BCUT2D eigenvalue weighted by atomic mass is 9.79. The fourth-order valence-corrected chi connectivity index (χ4v) is 3.99. The number of benzene rings is 2. The Kier molecular flexibility index (Phi) is 4.75. The second kappa shape index (κ2) is 7.35. The molecule has 0 unspecified atom stereocenters. The average Bonchev–Trinajstić information content (AvgIpc) is 3.22. The Bertz CT molecular complexity index is 1000. The number of hydrogen-bond donors (Lipinski definition) is 0. The van der Waals surface area contributed by atoms with Gasteiger partial charge in [-0.15, -0.1) is 0 Å². The van der Waals surface area contributed by atoms with Gasteiger partial charge in [-0.1, -0.05) is 55.3 Å². The fourth-order valence-electron chi connectivity index (χ4n) is 3.99. The molecule has 0 spiro atoms. The van der Waals surface area contributed by atoms with Gasteiger partial charge in [-0.25, -0.2) is 4.98 Å². The van der Waals surface area contributed by atoms with Crippen molar-refractivity contribution in [2.75, 3.05) is 6.61 Å². The van der Waals surface area contributed by atoms with Crippen LogP contribution >= 0.6 is 0 Å². The van der Waals surface area contributed by atoms with Crippen LogP contribution in [0.4, 0.5) is 0 Å². The number of nitrogens with zero attached hydrogens (tertiary/aromatic N) is 2. The highest BCUT2D eigenvalue weighted by atomic mass is 16.5. The minimum atomic E-state index is -0.548. The van der Waals surface area contributed by atoms with Crippen LogP contribution in [0.5, 0.6) is 0 Å². The summed E-state index contributed by atoms with van der Waals surface area (Å²) in [5.41, 5.74) is 1.03. The van der Waals surface area contributed by atoms with Crippen molar-refractivity contribution in [3.05, 3.63) is 76.8 Å². The van der Waals surface area contributed by atoms with Gasteiger partial charge < -0.3 is 4.74 Å². The van der Waals surface area contributed by atoms with Crippen molar-refractivity contribution in [1.82, 2.24) is 9.55 Å². The highest BCUT2D eigenvalue weighted by Gasteiger charge is 2.43. The third-order valence-electron chi connectivity index (χ3n) is 5.47. The molecule has 0 bridgehead atoms. The minimum Gasteiger partial charge on any atom is -0.463 e. The van der Waals surface area contributed by atoms with E-state index in [0.29, 0.717) is 17.4 Å². The SMILES string of the molecule is O=C(OCCn1cnc2ccccc2c1=O)C1(c2ccccc2)CCCC1. The quantitative estimate of drug-likeness (QED) is 0.652. The maximum atomic E-state index is 12.9. The van der Waals surface area contributed by atoms with Gasteiger partial charge in [0.25, 0.3) is 5.56 Å². The first-order valence-electron chi connectivity index (χ1n) is 9.38. The lowest BCUT2D eigenvalue weighted by Crippen LogP contribution is -2.35. The molecule has 1 aliphatic carbocycles. The van der Waals surface area contributed by atoms with E-state index >= 15 is 0 Å². The summed E-state index contributed by atoms with van der Waals surface area (Å²) in [5.74, 6) is -0.187. The summed E-state index contributed by atoms with van der Waals surface area (Å²) in [4.78, 5) is 29.8. The third kappa shape index (κ3) is 3.25. The van der Waals surface area contributed by atoms with Gasteiger partial charge in [0.15, 0.2) is 0 Å². The van der Waals surface area contributed by atoms with Crippen LogP contribution in [-0.4, -0.2) is 22.1 Å². The molecule has 2 aromatic carbocycles. The predicted molar refractivity (Wildman–Crippen MR) is 104 cm³/mol. The van der Waals surface area contributed by atoms with E-state index in [9.17, 15) is 9.59 Å². The van der Waals surface area contributed by atoms with Gasteiger partial charge >= 0.3 is 5.97 Å². The van der Waals surface area contributed by atoms with E-state index in [1.54, 1.807) is 6.07 Å². The van der Waals surface area contributed by atoms with Crippen molar-refractivity contribution < 1.29 is 9.53 Å². The first-order chi connectivity index (χ1) is 13.2. The molecule has 4 rings (SSSR count). The summed E-state index contributed by atoms with van der Waals surface area (Å²) in [6.07, 6.45) is 5.19. The molecular formula is C22H22N2O3. The first-order valence-corrected chi connectivity index (χ1v) is 9.38. The average molecular weight is 362 g/mol. The Labute approximate surface area is 157 Å². The van der Waals surface area contributed by atoms with Crippen LogP contribution in [0, 0.1) is 0 Å². The molecule has 0 amide bonds. The maximum Gasteiger partial charge on any atom is 0.316 e. The monoisotopic (exact) mass is 362 g/mol. The van der Waals surface area contributed by atoms with Crippen LogP contribution < -0.4 is 5.56 Å². The van der Waals surface area contributed by atoms with Crippen molar-refractivity contribution in [2.24, 2.45) is 0 Å². The van der Waals surface area contributed by atoms with Gasteiger partial charge in [0, 0.05) is 0 Å². The van der Waals surface area contributed by atoms with E-state index < -0.39 is 5.41 Å². The fraction of sp³-hybridized carbons (Fsp3) is 0.318. The molecule has 138 valence electrons. The molecule has 0 atom stereocenters. The summed E-state index contributed by atoms with van der Waals surface area (Å²) in [5, 5.41) is 0.572. The number of carbonyl (C=O) groups excluding carboxylic acids is 1. The highest BCUT2D eigenvalue weighted by Crippen LogP contribution is 2.42.